The van der Waals surface area contributed by atoms with E-state index in [-0.39, 0.29) is 6.04 Å². The molecule has 1 unspecified atom stereocenters. The molecule has 0 aliphatic carbocycles. The van der Waals surface area contributed by atoms with E-state index in [4.69, 9.17) is 5.84 Å². The summed E-state index contributed by atoms with van der Waals surface area (Å²) in [6.45, 7) is 7.08. The standard InChI is InChI=1S/C14H24N6/c1-5-11-8-14(19(4)18-11)13(16-15)9-12-7-10(3)17-20(12)6-2/h7-8,13,16H,5-6,9,15H2,1-4H3. The minimum Gasteiger partial charge on any atom is -0.271 e. The normalized spacial score (nSPS) is 12.8. The summed E-state index contributed by atoms with van der Waals surface area (Å²) in [6, 6.07) is 4.27. The molecule has 110 valence electrons. The van der Waals surface area contributed by atoms with E-state index in [1.807, 2.05) is 23.3 Å². The van der Waals surface area contributed by atoms with Crippen LogP contribution >= 0.6 is 0 Å². The van der Waals surface area contributed by atoms with Gasteiger partial charge in [-0.3, -0.25) is 20.6 Å². The molecule has 6 heteroatoms. The summed E-state index contributed by atoms with van der Waals surface area (Å²) in [5.74, 6) is 5.75. The number of hydrogen-bond donors (Lipinski definition) is 2. The van der Waals surface area contributed by atoms with Gasteiger partial charge in [0.05, 0.1) is 23.1 Å². The summed E-state index contributed by atoms with van der Waals surface area (Å²) >= 11 is 0. The molecule has 1 atom stereocenters. The van der Waals surface area contributed by atoms with E-state index in [9.17, 15) is 0 Å². The topological polar surface area (TPSA) is 73.7 Å². The van der Waals surface area contributed by atoms with Crippen LogP contribution in [-0.2, 0) is 26.4 Å². The Bertz CT molecular complexity index is 568. The summed E-state index contributed by atoms with van der Waals surface area (Å²) < 4.78 is 3.93. The molecule has 3 N–H and O–H groups in total. The third kappa shape index (κ3) is 2.91. The molecule has 0 saturated heterocycles. The summed E-state index contributed by atoms with van der Waals surface area (Å²) in [5.41, 5.74) is 7.32. The van der Waals surface area contributed by atoms with Gasteiger partial charge >= 0.3 is 0 Å². The highest BCUT2D eigenvalue weighted by Crippen LogP contribution is 2.19. The first-order valence-corrected chi connectivity index (χ1v) is 7.11. The fourth-order valence-corrected chi connectivity index (χ4v) is 2.54. The lowest BCUT2D eigenvalue weighted by Gasteiger charge is -2.16. The number of hydrogen-bond acceptors (Lipinski definition) is 4. The number of aryl methyl sites for hydroxylation is 4. The van der Waals surface area contributed by atoms with Crippen molar-refractivity contribution in [2.24, 2.45) is 12.9 Å². The first kappa shape index (κ1) is 14.7. The highest BCUT2D eigenvalue weighted by Gasteiger charge is 2.18. The van der Waals surface area contributed by atoms with Gasteiger partial charge in [-0.15, -0.1) is 0 Å². The molecule has 0 amide bonds. The Hall–Kier alpha value is -1.66. The van der Waals surface area contributed by atoms with Gasteiger partial charge in [-0.1, -0.05) is 6.92 Å². The van der Waals surface area contributed by atoms with Crippen molar-refractivity contribution in [3.8, 4) is 0 Å². The average molecular weight is 276 g/mol. The Balaban J connectivity index is 2.25. The lowest BCUT2D eigenvalue weighted by Crippen LogP contribution is -2.31. The Labute approximate surface area is 119 Å². The fraction of sp³-hybridized carbons (Fsp3) is 0.571. The first-order chi connectivity index (χ1) is 9.58. The maximum absolute atomic E-state index is 5.75. The number of aromatic nitrogens is 4. The van der Waals surface area contributed by atoms with Crippen LogP contribution in [0.5, 0.6) is 0 Å². The Morgan fingerprint density at radius 2 is 2.05 bits per heavy atom. The zero-order chi connectivity index (χ0) is 14.7. The van der Waals surface area contributed by atoms with Gasteiger partial charge in [0.1, 0.15) is 0 Å². The number of rotatable bonds is 6. The molecule has 0 spiro atoms. The van der Waals surface area contributed by atoms with Crippen molar-refractivity contribution in [2.45, 2.75) is 46.2 Å². The molecule has 2 aromatic heterocycles. The molecule has 2 aromatic rings. The molecule has 20 heavy (non-hydrogen) atoms. The number of hydrazine groups is 1. The van der Waals surface area contributed by atoms with Gasteiger partial charge in [0.15, 0.2) is 0 Å². The molecular formula is C14H24N6. The van der Waals surface area contributed by atoms with Gasteiger partial charge in [0, 0.05) is 25.7 Å². The van der Waals surface area contributed by atoms with Crippen LogP contribution < -0.4 is 11.3 Å². The largest absolute Gasteiger partial charge is 0.271 e. The van der Waals surface area contributed by atoms with E-state index in [1.54, 1.807) is 0 Å². The quantitative estimate of drug-likeness (QED) is 0.615. The Morgan fingerprint density at radius 3 is 2.60 bits per heavy atom. The predicted octanol–water partition coefficient (Wildman–Crippen LogP) is 1.25. The van der Waals surface area contributed by atoms with Crippen molar-refractivity contribution in [3.05, 3.63) is 34.9 Å². The second-order valence-electron chi connectivity index (χ2n) is 5.05. The molecule has 6 nitrogen and oxygen atoms in total. The van der Waals surface area contributed by atoms with Gasteiger partial charge < -0.3 is 0 Å². The summed E-state index contributed by atoms with van der Waals surface area (Å²) in [7, 11) is 1.96. The van der Waals surface area contributed by atoms with Crippen LogP contribution in [0.1, 0.15) is 42.7 Å². The Morgan fingerprint density at radius 1 is 1.30 bits per heavy atom. The lowest BCUT2D eigenvalue weighted by molar-refractivity contribution is 0.486. The number of nitrogens with one attached hydrogen (secondary N) is 1. The molecule has 0 fully saturated rings. The van der Waals surface area contributed by atoms with E-state index >= 15 is 0 Å². The van der Waals surface area contributed by atoms with Crippen LogP contribution in [0.3, 0.4) is 0 Å². The van der Waals surface area contributed by atoms with E-state index in [0.29, 0.717) is 0 Å². The van der Waals surface area contributed by atoms with Crippen molar-refractivity contribution in [2.75, 3.05) is 0 Å². The predicted molar refractivity (Wildman–Crippen MR) is 79.0 cm³/mol. The van der Waals surface area contributed by atoms with Crippen LogP contribution in [0.2, 0.25) is 0 Å². The van der Waals surface area contributed by atoms with Crippen molar-refractivity contribution in [3.63, 3.8) is 0 Å². The average Bonchev–Trinajstić information content (AvgIpc) is 2.98. The first-order valence-electron chi connectivity index (χ1n) is 7.11. The molecule has 0 saturated carbocycles. The minimum absolute atomic E-state index is 0.0363. The van der Waals surface area contributed by atoms with Crippen molar-refractivity contribution in [1.82, 2.24) is 25.0 Å². The maximum atomic E-state index is 5.75. The second-order valence-corrected chi connectivity index (χ2v) is 5.05. The second kappa shape index (κ2) is 6.19. The molecule has 0 aliphatic heterocycles. The van der Waals surface area contributed by atoms with E-state index in [2.05, 4.69) is 41.6 Å². The summed E-state index contributed by atoms with van der Waals surface area (Å²) in [4.78, 5) is 0. The van der Waals surface area contributed by atoms with Crippen LogP contribution in [0.15, 0.2) is 12.1 Å². The third-order valence-corrected chi connectivity index (χ3v) is 3.59. The zero-order valence-electron chi connectivity index (χ0n) is 12.7. The third-order valence-electron chi connectivity index (χ3n) is 3.59. The van der Waals surface area contributed by atoms with Gasteiger partial charge in [-0.2, -0.15) is 10.2 Å². The zero-order valence-corrected chi connectivity index (χ0v) is 12.7. The van der Waals surface area contributed by atoms with Crippen LogP contribution in [0, 0.1) is 6.92 Å². The van der Waals surface area contributed by atoms with Crippen molar-refractivity contribution in [1.29, 1.82) is 0 Å². The Kier molecular flexibility index (Phi) is 4.57. The van der Waals surface area contributed by atoms with Gasteiger partial charge in [-0.25, -0.2) is 0 Å². The highest BCUT2D eigenvalue weighted by molar-refractivity contribution is 5.18. The molecular weight excluding hydrogens is 252 g/mol. The monoisotopic (exact) mass is 276 g/mol. The van der Waals surface area contributed by atoms with Gasteiger partial charge in [0.25, 0.3) is 0 Å². The van der Waals surface area contributed by atoms with Crippen LogP contribution in [-0.4, -0.2) is 19.6 Å². The molecule has 2 heterocycles. The lowest BCUT2D eigenvalue weighted by atomic mass is 10.1. The fourth-order valence-electron chi connectivity index (χ4n) is 2.54. The smallest absolute Gasteiger partial charge is 0.0684 e. The molecule has 0 aromatic carbocycles. The van der Waals surface area contributed by atoms with Crippen LogP contribution in [0.4, 0.5) is 0 Å². The van der Waals surface area contributed by atoms with E-state index in [0.717, 1.165) is 36.5 Å². The SMILES string of the molecule is CCc1cc(C(Cc2cc(C)nn2CC)NN)n(C)n1. The number of nitrogens with two attached hydrogens (primary N) is 1. The highest BCUT2D eigenvalue weighted by atomic mass is 15.3. The molecule has 0 aliphatic rings. The molecule has 0 bridgehead atoms. The van der Waals surface area contributed by atoms with E-state index in [1.165, 1.54) is 5.69 Å². The molecule has 2 rings (SSSR count). The summed E-state index contributed by atoms with van der Waals surface area (Å²) in [6.07, 6.45) is 1.73. The molecule has 0 radical (unpaired) electrons. The van der Waals surface area contributed by atoms with Crippen LogP contribution in [0.25, 0.3) is 0 Å². The minimum atomic E-state index is 0.0363. The maximum Gasteiger partial charge on any atom is 0.0684 e. The number of nitrogens with zero attached hydrogens (tertiary/aromatic N) is 4. The van der Waals surface area contributed by atoms with Crippen molar-refractivity contribution < 1.29 is 0 Å². The summed E-state index contributed by atoms with van der Waals surface area (Å²) in [5, 5.41) is 8.97. The van der Waals surface area contributed by atoms with Gasteiger partial charge in [-0.05, 0) is 32.4 Å². The van der Waals surface area contributed by atoms with Gasteiger partial charge in [0.2, 0.25) is 0 Å². The van der Waals surface area contributed by atoms with E-state index < -0.39 is 0 Å². The van der Waals surface area contributed by atoms with Crippen molar-refractivity contribution >= 4 is 0 Å².